The van der Waals surface area contributed by atoms with E-state index in [9.17, 15) is 13.2 Å². The minimum atomic E-state index is -3.62. The lowest BCUT2D eigenvalue weighted by molar-refractivity contribution is 0.0793. The van der Waals surface area contributed by atoms with Gasteiger partial charge in [-0.1, -0.05) is 0 Å². The van der Waals surface area contributed by atoms with Gasteiger partial charge in [0.25, 0.3) is 5.91 Å². The first kappa shape index (κ1) is 16.7. The third kappa shape index (κ3) is 2.73. The Hall–Kier alpha value is -2.13. The summed E-state index contributed by atoms with van der Waals surface area (Å²) < 4.78 is 31.4. The predicted molar refractivity (Wildman–Crippen MR) is 87.0 cm³/mol. The molecule has 9 heteroatoms. The maximum atomic E-state index is 12.6. The van der Waals surface area contributed by atoms with Crippen molar-refractivity contribution in [3.63, 3.8) is 0 Å². The van der Waals surface area contributed by atoms with Crippen LogP contribution in [-0.4, -0.2) is 60.9 Å². The van der Waals surface area contributed by atoms with Gasteiger partial charge in [0.15, 0.2) is 5.76 Å². The summed E-state index contributed by atoms with van der Waals surface area (Å²) in [6, 6.07) is 1.43. The van der Waals surface area contributed by atoms with Crippen molar-refractivity contribution in [3.05, 3.63) is 23.6 Å². The van der Waals surface area contributed by atoms with Crippen molar-refractivity contribution >= 4 is 15.9 Å². The second-order valence-electron chi connectivity index (χ2n) is 5.98. The average molecular weight is 352 g/mol. The Morgan fingerprint density at radius 2 is 2.00 bits per heavy atom. The number of H-pyrrole nitrogens is 1. The fraction of sp³-hybridized carbons (Fsp3) is 0.467. The van der Waals surface area contributed by atoms with Crippen molar-refractivity contribution in [2.24, 2.45) is 0 Å². The molecular formula is C15H20N4O4S. The van der Waals surface area contributed by atoms with E-state index >= 15 is 0 Å². The summed E-state index contributed by atoms with van der Waals surface area (Å²) in [5.74, 6) is 0.433. The Labute approximate surface area is 140 Å². The zero-order valence-electron chi connectivity index (χ0n) is 13.9. The van der Waals surface area contributed by atoms with E-state index in [0.29, 0.717) is 11.3 Å². The van der Waals surface area contributed by atoms with Crippen LogP contribution in [0.2, 0.25) is 0 Å². The van der Waals surface area contributed by atoms with E-state index < -0.39 is 10.0 Å². The number of hydrogen-bond acceptors (Lipinski definition) is 5. The fourth-order valence-corrected chi connectivity index (χ4v) is 3.82. The standard InChI is InChI=1S/C15H20N4O4S/c1-10-13(24(21,22)18(2)3)8-12(23-10)14-11(9-16-17-14)15(20)19-6-4-5-7-19/h8-9H,4-7H2,1-3H3,(H,16,17). The molecule has 2 aromatic heterocycles. The van der Waals surface area contributed by atoms with E-state index in [1.54, 1.807) is 11.8 Å². The summed E-state index contributed by atoms with van der Waals surface area (Å²) in [5.41, 5.74) is 0.787. The van der Waals surface area contributed by atoms with E-state index in [4.69, 9.17) is 4.42 Å². The molecule has 1 amide bonds. The Morgan fingerprint density at radius 3 is 2.62 bits per heavy atom. The number of likely N-dealkylation sites (tertiary alicyclic amines) is 1. The van der Waals surface area contributed by atoms with E-state index in [2.05, 4.69) is 10.2 Å². The Morgan fingerprint density at radius 1 is 1.33 bits per heavy atom. The van der Waals surface area contributed by atoms with Gasteiger partial charge in [0.05, 0.1) is 11.8 Å². The van der Waals surface area contributed by atoms with Crippen molar-refractivity contribution < 1.29 is 17.6 Å². The number of aromatic nitrogens is 2. The first-order valence-electron chi connectivity index (χ1n) is 7.68. The number of carbonyl (C=O) groups is 1. The minimum absolute atomic E-state index is 0.0803. The quantitative estimate of drug-likeness (QED) is 0.898. The molecule has 0 atom stereocenters. The van der Waals surface area contributed by atoms with E-state index in [-0.39, 0.29) is 22.3 Å². The molecule has 0 spiro atoms. The summed E-state index contributed by atoms with van der Waals surface area (Å²) in [6.07, 6.45) is 3.43. The lowest BCUT2D eigenvalue weighted by Gasteiger charge is -2.14. The van der Waals surface area contributed by atoms with Crippen molar-refractivity contribution in [2.45, 2.75) is 24.7 Å². The molecule has 3 heterocycles. The van der Waals surface area contributed by atoms with E-state index in [1.807, 2.05) is 0 Å². The van der Waals surface area contributed by atoms with Crippen molar-refractivity contribution in [1.82, 2.24) is 19.4 Å². The van der Waals surface area contributed by atoms with Crippen LogP contribution in [0.15, 0.2) is 21.6 Å². The highest BCUT2D eigenvalue weighted by molar-refractivity contribution is 7.89. The molecule has 1 saturated heterocycles. The summed E-state index contributed by atoms with van der Waals surface area (Å²) in [4.78, 5) is 14.4. The lowest BCUT2D eigenvalue weighted by atomic mass is 10.2. The van der Waals surface area contributed by atoms with Crippen LogP contribution in [0.25, 0.3) is 11.5 Å². The van der Waals surface area contributed by atoms with Gasteiger partial charge in [-0.25, -0.2) is 12.7 Å². The third-order valence-corrected chi connectivity index (χ3v) is 6.06. The van der Waals surface area contributed by atoms with Gasteiger partial charge in [0, 0.05) is 33.3 Å². The van der Waals surface area contributed by atoms with Crippen LogP contribution in [0.1, 0.15) is 29.0 Å². The third-order valence-electron chi connectivity index (χ3n) is 4.14. The molecule has 1 aliphatic heterocycles. The summed E-state index contributed by atoms with van der Waals surface area (Å²) in [7, 11) is -0.700. The maximum Gasteiger partial charge on any atom is 0.257 e. The van der Waals surface area contributed by atoms with E-state index in [0.717, 1.165) is 30.2 Å². The molecule has 1 N–H and O–H groups in total. The Kier molecular flexibility index (Phi) is 4.22. The molecule has 1 fully saturated rings. The molecule has 0 saturated carbocycles. The highest BCUT2D eigenvalue weighted by atomic mass is 32.2. The molecule has 0 aromatic carbocycles. The van der Waals surface area contributed by atoms with Crippen molar-refractivity contribution in [2.75, 3.05) is 27.2 Å². The molecule has 24 heavy (non-hydrogen) atoms. The minimum Gasteiger partial charge on any atom is -0.458 e. The first-order valence-corrected chi connectivity index (χ1v) is 9.12. The predicted octanol–water partition coefficient (Wildman–Crippen LogP) is 1.46. The number of aryl methyl sites for hydroxylation is 1. The first-order chi connectivity index (χ1) is 11.3. The van der Waals surface area contributed by atoms with Crippen LogP contribution in [-0.2, 0) is 10.0 Å². The number of furan rings is 1. The number of carbonyl (C=O) groups excluding carboxylic acids is 1. The number of sulfonamides is 1. The summed E-state index contributed by atoms with van der Waals surface area (Å²) >= 11 is 0. The monoisotopic (exact) mass is 352 g/mol. The zero-order chi connectivity index (χ0) is 17.5. The molecule has 1 aliphatic rings. The van der Waals surface area contributed by atoms with Crippen molar-refractivity contribution in [1.29, 1.82) is 0 Å². The Balaban J connectivity index is 2.00. The summed E-state index contributed by atoms with van der Waals surface area (Å²) in [6.45, 7) is 3.03. The van der Waals surface area contributed by atoms with Crippen LogP contribution in [0, 0.1) is 6.92 Å². The van der Waals surface area contributed by atoms with Gasteiger partial charge in [-0.05, 0) is 19.8 Å². The van der Waals surface area contributed by atoms with E-state index in [1.165, 1.54) is 26.4 Å². The number of hydrogen-bond donors (Lipinski definition) is 1. The van der Waals surface area contributed by atoms with Gasteiger partial charge in [0.1, 0.15) is 16.3 Å². The van der Waals surface area contributed by atoms with Gasteiger partial charge < -0.3 is 9.32 Å². The molecule has 0 bridgehead atoms. The lowest BCUT2D eigenvalue weighted by Crippen LogP contribution is -2.27. The molecular weight excluding hydrogens is 332 g/mol. The van der Waals surface area contributed by atoms with Crippen LogP contribution in [0.3, 0.4) is 0 Å². The SMILES string of the molecule is Cc1oc(-c2[nH]ncc2C(=O)N2CCCC2)cc1S(=O)(=O)N(C)C. The number of nitrogens with one attached hydrogen (secondary N) is 1. The van der Waals surface area contributed by atoms with Crippen LogP contribution in [0.4, 0.5) is 0 Å². The van der Waals surface area contributed by atoms with Crippen LogP contribution >= 0.6 is 0 Å². The highest BCUT2D eigenvalue weighted by Crippen LogP contribution is 2.31. The molecule has 0 unspecified atom stereocenters. The molecule has 0 aliphatic carbocycles. The van der Waals surface area contributed by atoms with Gasteiger partial charge in [-0.2, -0.15) is 5.10 Å². The Bertz CT molecular complexity index is 860. The maximum absolute atomic E-state index is 12.6. The van der Waals surface area contributed by atoms with Crippen LogP contribution in [0.5, 0.6) is 0 Å². The largest absolute Gasteiger partial charge is 0.458 e. The highest BCUT2D eigenvalue weighted by Gasteiger charge is 2.28. The average Bonchev–Trinajstić information content (AvgIpc) is 3.26. The van der Waals surface area contributed by atoms with Gasteiger partial charge >= 0.3 is 0 Å². The number of amides is 1. The molecule has 130 valence electrons. The number of aromatic amines is 1. The molecule has 2 aromatic rings. The summed E-state index contributed by atoms with van der Waals surface area (Å²) in [5, 5.41) is 6.68. The molecule has 3 rings (SSSR count). The zero-order valence-corrected chi connectivity index (χ0v) is 14.7. The number of rotatable bonds is 4. The van der Waals surface area contributed by atoms with Gasteiger partial charge in [-0.3, -0.25) is 9.89 Å². The normalized spacial score (nSPS) is 15.4. The van der Waals surface area contributed by atoms with Crippen LogP contribution < -0.4 is 0 Å². The molecule has 0 radical (unpaired) electrons. The smallest absolute Gasteiger partial charge is 0.257 e. The number of nitrogens with zero attached hydrogens (tertiary/aromatic N) is 3. The van der Waals surface area contributed by atoms with Crippen molar-refractivity contribution in [3.8, 4) is 11.5 Å². The fourth-order valence-electron chi connectivity index (χ4n) is 2.77. The second-order valence-corrected chi connectivity index (χ2v) is 8.10. The molecule has 8 nitrogen and oxygen atoms in total. The van der Waals surface area contributed by atoms with Gasteiger partial charge in [0.2, 0.25) is 10.0 Å². The van der Waals surface area contributed by atoms with Gasteiger partial charge in [-0.15, -0.1) is 0 Å². The second kappa shape index (κ2) is 6.06. The topological polar surface area (TPSA) is 99.5 Å².